The standard InChI is InChI=1S/C14H24FN3O/c1-9(2)13(8-18(3)4)17-12-7-14(19-5)10(15)6-11(12)16/h6-7,9,13,17H,8,16H2,1-5H3. The number of benzene rings is 1. The van der Waals surface area contributed by atoms with Crippen LogP contribution in [0.2, 0.25) is 0 Å². The van der Waals surface area contributed by atoms with Gasteiger partial charge in [0.25, 0.3) is 0 Å². The third kappa shape index (κ3) is 4.28. The summed E-state index contributed by atoms with van der Waals surface area (Å²) in [6, 6.07) is 3.12. The second kappa shape index (κ2) is 6.61. The highest BCUT2D eigenvalue weighted by Gasteiger charge is 2.17. The van der Waals surface area contributed by atoms with E-state index in [0.29, 0.717) is 17.3 Å². The lowest BCUT2D eigenvalue weighted by atomic mass is 10.0. The van der Waals surface area contributed by atoms with Crippen molar-refractivity contribution in [3.63, 3.8) is 0 Å². The SMILES string of the molecule is COc1cc(NC(CN(C)C)C(C)C)c(N)cc1F. The van der Waals surface area contributed by atoms with E-state index in [1.54, 1.807) is 6.07 Å². The van der Waals surface area contributed by atoms with Crippen LogP contribution in [-0.4, -0.2) is 38.7 Å². The van der Waals surface area contributed by atoms with Crippen molar-refractivity contribution >= 4 is 11.4 Å². The Kier molecular flexibility index (Phi) is 5.42. The molecule has 0 saturated carbocycles. The predicted molar refractivity (Wildman–Crippen MR) is 78.2 cm³/mol. The second-order valence-electron chi connectivity index (χ2n) is 5.33. The molecular formula is C14H24FN3O. The predicted octanol–water partition coefficient (Wildman–Crippen LogP) is 2.41. The fraction of sp³-hybridized carbons (Fsp3) is 0.571. The minimum atomic E-state index is -0.445. The number of nitrogens with zero attached hydrogens (tertiary/aromatic N) is 1. The summed E-state index contributed by atoms with van der Waals surface area (Å²) in [5.74, 6) is 0.182. The van der Waals surface area contributed by atoms with Crippen LogP contribution in [0, 0.1) is 11.7 Å². The van der Waals surface area contributed by atoms with E-state index in [1.165, 1.54) is 13.2 Å². The molecule has 1 rings (SSSR count). The molecule has 0 saturated heterocycles. The van der Waals surface area contributed by atoms with Gasteiger partial charge in [0.1, 0.15) is 0 Å². The number of rotatable bonds is 6. The lowest BCUT2D eigenvalue weighted by molar-refractivity contribution is 0.344. The fourth-order valence-corrected chi connectivity index (χ4v) is 1.87. The maximum atomic E-state index is 13.5. The zero-order valence-electron chi connectivity index (χ0n) is 12.3. The molecule has 0 bridgehead atoms. The van der Waals surface area contributed by atoms with Gasteiger partial charge in [0.2, 0.25) is 0 Å². The van der Waals surface area contributed by atoms with E-state index in [0.717, 1.165) is 6.54 Å². The van der Waals surface area contributed by atoms with Gasteiger partial charge in [0.15, 0.2) is 11.6 Å². The van der Waals surface area contributed by atoms with Crippen LogP contribution in [0.25, 0.3) is 0 Å². The van der Waals surface area contributed by atoms with Crippen molar-refractivity contribution < 1.29 is 9.13 Å². The van der Waals surface area contributed by atoms with Crippen LogP contribution in [0.5, 0.6) is 5.75 Å². The highest BCUT2D eigenvalue weighted by molar-refractivity contribution is 5.69. The molecule has 0 aliphatic rings. The summed E-state index contributed by atoms with van der Waals surface area (Å²) in [5, 5.41) is 3.37. The number of hydrogen-bond donors (Lipinski definition) is 2. The Labute approximate surface area is 114 Å². The molecule has 0 spiro atoms. The first-order chi connectivity index (χ1) is 8.85. The normalized spacial score (nSPS) is 12.8. The number of anilines is 2. The first kappa shape index (κ1) is 15.6. The largest absolute Gasteiger partial charge is 0.494 e. The third-order valence-electron chi connectivity index (χ3n) is 3.03. The van der Waals surface area contributed by atoms with Crippen LogP contribution >= 0.6 is 0 Å². The van der Waals surface area contributed by atoms with Crippen LogP contribution < -0.4 is 15.8 Å². The van der Waals surface area contributed by atoms with E-state index < -0.39 is 5.82 Å². The zero-order chi connectivity index (χ0) is 14.6. The molecule has 19 heavy (non-hydrogen) atoms. The molecule has 0 aromatic heterocycles. The number of halogens is 1. The highest BCUT2D eigenvalue weighted by atomic mass is 19.1. The van der Waals surface area contributed by atoms with Gasteiger partial charge in [-0.1, -0.05) is 13.8 Å². The summed E-state index contributed by atoms with van der Waals surface area (Å²) in [7, 11) is 5.48. The van der Waals surface area contributed by atoms with Crippen LogP contribution in [-0.2, 0) is 0 Å². The van der Waals surface area contributed by atoms with Crippen LogP contribution in [0.15, 0.2) is 12.1 Å². The average Bonchev–Trinajstić information content (AvgIpc) is 2.30. The molecule has 0 aliphatic heterocycles. The molecule has 0 fully saturated rings. The summed E-state index contributed by atoms with van der Waals surface area (Å²) in [4.78, 5) is 2.11. The van der Waals surface area contributed by atoms with Gasteiger partial charge in [0, 0.05) is 24.7 Å². The van der Waals surface area contributed by atoms with Crippen molar-refractivity contribution in [2.75, 3.05) is 38.8 Å². The molecule has 1 atom stereocenters. The van der Waals surface area contributed by atoms with Crippen molar-refractivity contribution in [3.8, 4) is 5.75 Å². The first-order valence-corrected chi connectivity index (χ1v) is 6.39. The molecule has 0 heterocycles. The van der Waals surface area contributed by atoms with Crippen molar-refractivity contribution in [1.82, 2.24) is 4.90 Å². The number of hydrogen-bond acceptors (Lipinski definition) is 4. The van der Waals surface area contributed by atoms with E-state index in [2.05, 4.69) is 24.1 Å². The average molecular weight is 269 g/mol. The molecule has 4 nitrogen and oxygen atoms in total. The summed E-state index contributed by atoms with van der Waals surface area (Å²) < 4.78 is 18.5. The number of nitrogens with two attached hydrogens (primary N) is 1. The van der Waals surface area contributed by atoms with Gasteiger partial charge in [-0.25, -0.2) is 4.39 Å². The molecule has 5 heteroatoms. The molecule has 1 unspecified atom stereocenters. The van der Waals surface area contributed by atoms with Crippen molar-refractivity contribution in [1.29, 1.82) is 0 Å². The summed E-state index contributed by atoms with van der Waals surface area (Å²) in [6.45, 7) is 5.15. The van der Waals surface area contributed by atoms with Crippen LogP contribution in [0.3, 0.4) is 0 Å². The van der Waals surface area contributed by atoms with E-state index in [4.69, 9.17) is 10.5 Å². The van der Waals surface area contributed by atoms with Gasteiger partial charge in [-0.3, -0.25) is 0 Å². The lowest BCUT2D eigenvalue weighted by Gasteiger charge is -2.27. The second-order valence-corrected chi connectivity index (χ2v) is 5.33. The van der Waals surface area contributed by atoms with Gasteiger partial charge in [0.05, 0.1) is 18.5 Å². The van der Waals surface area contributed by atoms with E-state index in [1.807, 2.05) is 14.1 Å². The van der Waals surface area contributed by atoms with Crippen molar-refractivity contribution in [2.45, 2.75) is 19.9 Å². The minimum Gasteiger partial charge on any atom is -0.494 e. The number of likely N-dealkylation sites (N-methyl/N-ethyl adjacent to an activating group) is 1. The van der Waals surface area contributed by atoms with E-state index in [-0.39, 0.29) is 11.8 Å². The number of methoxy groups -OCH3 is 1. The molecule has 0 aliphatic carbocycles. The van der Waals surface area contributed by atoms with Gasteiger partial charge >= 0.3 is 0 Å². The highest BCUT2D eigenvalue weighted by Crippen LogP contribution is 2.29. The number of nitrogens with one attached hydrogen (secondary N) is 1. The third-order valence-corrected chi connectivity index (χ3v) is 3.03. The van der Waals surface area contributed by atoms with E-state index >= 15 is 0 Å². The Morgan fingerprint density at radius 3 is 2.47 bits per heavy atom. The Balaban J connectivity index is 2.95. The van der Waals surface area contributed by atoms with Gasteiger partial charge < -0.3 is 20.7 Å². The molecule has 108 valence electrons. The lowest BCUT2D eigenvalue weighted by Crippen LogP contribution is -2.36. The summed E-state index contributed by atoms with van der Waals surface area (Å²) >= 11 is 0. The zero-order valence-corrected chi connectivity index (χ0v) is 12.3. The summed E-state index contributed by atoms with van der Waals surface area (Å²) in [5.41, 5.74) is 6.95. The Morgan fingerprint density at radius 2 is 2.00 bits per heavy atom. The molecule has 0 amide bonds. The molecule has 3 N–H and O–H groups in total. The maximum Gasteiger partial charge on any atom is 0.167 e. The monoisotopic (exact) mass is 269 g/mol. The quantitative estimate of drug-likeness (QED) is 0.779. The topological polar surface area (TPSA) is 50.5 Å². The van der Waals surface area contributed by atoms with Gasteiger partial charge in [-0.2, -0.15) is 0 Å². The molecular weight excluding hydrogens is 245 g/mol. The number of nitrogen functional groups attached to an aromatic ring is 1. The first-order valence-electron chi connectivity index (χ1n) is 6.39. The summed E-state index contributed by atoms with van der Waals surface area (Å²) in [6.07, 6.45) is 0. The Morgan fingerprint density at radius 1 is 1.37 bits per heavy atom. The number of ether oxygens (including phenoxy) is 1. The van der Waals surface area contributed by atoms with Crippen LogP contribution in [0.1, 0.15) is 13.8 Å². The van der Waals surface area contributed by atoms with Gasteiger partial charge in [-0.05, 0) is 20.0 Å². The molecule has 1 aromatic rings. The smallest absolute Gasteiger partial charge is 0.167 e. The molecule has 1 aromatic carbocycles. The minimum absolute atomic E-state index is 0.198. The van der Waals surface area contributed by atoms with E-state index in [9.17, 15) is 4.39 Å². The fourth-order valence-electron chi connectivity index (χ4n) is 1.87. The molecule has 0 radical (unpaired) electrons. The van der Waals surface area contributed by atoms with Crippen molar-refractivity contribution in [2.24, 2.45) is 5.92 Å². The Hall–Kier alpha value is -1.49. The van der Waals surface area contributed by atoms with Crippen molar-refractivity contribution in [3.05, 3.63) is 17.9 Å². The maximum absolute atomic E-state index is 13.5. The Bertz CT molecular complexity index is 421. The van der Waals surface area contributed by atoms with Crippen LogP contribution in [0.4, 0.5) is 15.8 Å². The van der Waals surface area contributed by atoms with Gasteiger partial charge in [-0.15, -0.1) is 0 Å².